The molecule has 0 radical (unpaired) electrons. The molecule has 1 aliphatic rings. The van der Waals surface area contributed by atoms with Crippen LogP contribution in [0.4, 0.5) is 11.6 Å². The zero-order valence-electron chi connectivity index (χ0n) is 17.9. The van der Waals surface area contributed by atoms with E-state index in [0.717, 1.165) is 18.4 Å². The number of para-hydroxylation sites is 2. The molecule has 0 bridgehead atoms. The van der Waals surface area contributed by atoms with Gasteiger partial charge in [-0.05, 0) is 31.0 Å². The molecule has 0 saturated carbocycles. The Morgan fingerprint density at radius 1 is 1.16 bits per heavy atom. The minimum atomic E-state index is -1.13. The molecule has 166 valence electrons. The van der Waals surface area contributed by atoms with Gasteiger partial charge in [-0.3, -0.25) is 24.6 Å². The number of nitro benzene ring substituents is 1. The van der Waals surface area contributed by atoms with Gasteiger partial charge in [0.25, 0.3) is 5.69 Å². The molecular formula is C23H24N4O5. The maximum atomic E-state index is 13.6. The Morgan fingerprint density at radius 3 is 2.53 bits per heavy atom. The van der Waals surface area contributed by atoms with E-state index < -0.39 is 22.9 Å². The molecule has 0 N–H and O–H groups in total. The maximum Gasteiger partial charge on any atom is 0.321 e. The van der Waals surface area contributed by atoms with Crippen LogP contribution in [0.5, 0.6) is 0 Å². The summed E-state index contributed by atoms with van der Waals surface area (Å²) in [5.41, 5.74) is 2.01. The second-order valence-electron chi connectivity index (χ2n) is 7.64. The number of anilines is 1. The minimum Gasteiger partial charge on any atom is -0.465 e. The smallest absolute Gasteiger partial charge is 0.321 e. The number of non-ortho nitro benzene ring substituents is 1. The van der Waals surface area contributed by atoms with Gasteiger partial charge in [-0.15, -0.1) is 0 Å². The number of ether oxygens (including phenoxy) is 1. The largest absolute Gasteiger partial charge is 0.465 e. The van der Waals surface area contributed by atoms with Gasteiger partial charge < -0.3 is 9.30 Å². The highest BCUT2D eigenvalue weighted by molar-refractivity contribution is 6.08. The number of unbranched alkanes of at least 4 members (excludes halogenated alkanes) is 1. The number of amides is 1. The number of nitro groups is 1. The third-order valence-electron chi connectivity index (χ3n) is 5.67. The van der Waals surface area contributed by atoms with E-state index in [9.17, 15) is 19.7 Å². The average Bonchev–Trinajstić information content (AvgIpc) is 3.17. The Kier molecular flexibility index (Phi) is 5.89. The fourth-order valence-corrected chi connectivity index (χ4v) is 4.17. The number of carbonyl (C=O) groups excluding carboxylic acids is 2. The average molecular weight is 436 g/mol. The van der Waals surface area contributed by atoms with Gasteiger partial charge >= 0.3 is 5.97 Å². The van der Waals surface area contributed by atoms with Crippen molar-refractivity contribution in [1.82, 2.24) is 9.55 Å². The number of carbonyl (C=O) groups is 2. The summed E-state index contributed by atoms with van der Waals surface area (Å²) in [5, 5.41) is 11.1. The molecule has 2 aromatic carbocycles. The summed E-state index contributed by atoms with van der Waals surface area (Å²) in [7, 11) is 0. The predicted molar refractivity (Wildman–Crippen MR) is 118 cm³/mol. The van der Waals surface area contributed by atoms with Gasteiger partial charge in [0, 0.05) is 18.7 Å². The molecule has 2 heterocycles. The monoisotopic (exact) mass is 436 g/mol. The predicted octanol–water partition coefficient (Wildman–Crippen LogP) is 3.86. The van der Waals surface area contributed by atoms with Crippen LogP contribution >= 0.6 is 0 Å². The first kappa shape index (κ1) is 21.5. The van der Waals surface area contributed by atoms with Crippen molar-refractivity contribution in [2.45, 2.75) is 32.7 Å². The van der Waals surface area contributed by atoms with Crippen LogP contribution in [-0.2, 0) is 14.3 Å². The van der Waals surface area contributed by atoms with Crippen molar-refractivity contribution >= 4 is 34.5 Å². The topological polar surface area (TPSA) is 108 Å². The minimum absolute atomic E-state index is 0.0659. The van der Waals surface area contributed by atoms with Crippen LogP contribution in [0, 0.1) is 16.0 Å². The van der Waals surface area contributed by atoms with Crippen LogP contribution in [0.2, 0.25) is 0 Å². The molecule has 0 spiro atoms. The number of hydrogen-bond donors (Lipinski definition) is 0. The van der Waals surface area contributed by atoms with E-state index in [-0.39, 0.29) is 18.2 Å². The summed E-state index contributed by atoms with van der Waals surface area (Å²) < 4.78 is 7.18. The van der Waals surface area contributed by atoms with Gasteiger partial charge in [-0.25, -0.2) is 4.98 Å². The molecule has 9 nitrogen and oxygen atoms in total. The van der Waals surface area contributed by atoms with Gasteiger partial charge in [-0.2, -0.15) is 0 Å². The number of esters is 1. The third kappa shape index (κ3) is 3.59. The van der Waals surface area contributed by atoms with Crippen molar-refractivity contribution < 1.29 is 19.2 Å². The SMILES string of the molecule is CCCCN1C(=O)[C@H](C(=O)OCC)[C@@H](c2ccc([N+](=O)[O-])cc2)n2c1nc1ccccc12. The van der Waals surface area contributed by atoms with Crippen LogP contribution in [-0.4, -0.2) is 39.5 Å². The van der Waals surface area contributed by atoms with Crippen molar-refractivity contribution in [2.24, 2.45) is 5.92 Å². The Bertz CT molecular complexity index is 1170. The highest BCUT2D eigenvalue weighted by Gasteiger charge is 2.47. The fourth-order valence-electron chi connectivity index (χ4n) is 4.17. The summed E-state index contributed by atoms with van der Waals surface area (Å²) in [5.74, 6) is -1.65. The summed E-state index contributed by atoms with van der Waals surface area (Å²) in [6, 6.07) is 12.7. The van der Waals surface area contributed by atoms with Crippen molar-refractivity contribution in [2.75, 3.05) is 18.1 Å². The number of imidazole rings is 1. The molecule has 0 fully saturated rings. The van der Waals surface area contributed by atoms with Gasteiger partial charge in [0.15, 0.2) is 5.92 Å². The highest BCUT2D eigenvalue weighted by Crippen LogP contribution is 2.41. The third-order valence-corrected chi connectivity index (χ3v) is 5.67. The number of fused-ring (bicyclic) bond motifs is 3. The molecule has 2 atom stereocenters. The Balaban J connectivity index is 1.95. The fraction of sp³-hybridized carbons (Fsp3) is 0.348. The first-order chi connectivity index (χ1) is 15.5. The molecule has 1 amide bonds. The standard InChI is InChI=1S/C23H24N4O5/c1-3-5-14-25-21(28)19(22(29)32-4-2)20(15-10-12-16(13-11-15)27(30)31)26-18-9-7-6-8-17(18)24-23(25)26/h6-13,19-20H,3-5,14H2,1-2H3/t19-,20-/m1/s1. The van der Waals surface area contributed by atoms with E-state index in [4.69, 9.17) is 9.72 Å². The van der Waals surface area contributed by atoms with E-state index >= 15 is 0 Å². The van der Waals surface area contributed by atoms with E-state index in [0.29, 0.717) is 23.6 Å². The number of hydrogen-bond acceptors (Lipinski definition) is 6. The van der Waals surface area contributed by atoms with Crippen LogP contribution in [0.1, 0.15) is 38.3 Å². The van der Waals surface area contributed by atoms with E-state index in [1.807, 2.05) is 35.8 Å². The van der Waals surface area contributed by atoms with Crippen molar-refractivity contribution in [3.8, 4) is 0 Å². The van der Waals surface area contributed by atoms with Crippen LogP contribution in [0.3, 0.4) is 0 Å². The van der Waals surface area contributed by atoms with Crippen molar-refractivity contribution in [3.05, 3.63) is 64.2 Å². The number of rotatable bonds is 7. The lowest BCUT2D eigenvalue weighted by Gasteiger charge is -2.37. The van der Waals surface area contributed by atoms with Gasteiger partial charge in [-0.1, -0.05) is 37.6 Å². The summed E-state index contributed by atoms with van der Waals surface area (Å²) in [4.78, 5) is 43.6. The first-order valence-corrected chi connectivity index (χ1v) is 10.7. The normalized spacial score (nSPS) is 17.9. The molecule has 0 aliphatic carbocycles. The number of aromatic nitrogens is 2. The first-order valence-electron chi connectivity index (χ1n) is 10.7. The summed E-state index contributed by atoms with van der Waals surface area (Å²) in [6.07, 6.45) is 1.63. The van der Waals surface area contributed by atoms with Gasteiger partial charge in [0.05, 0.1) is 28.6 Å². The van der Waals surface area contributed by atoms with Crippen molar-refractivity contribution in [3.63, 3.8) is 0 Å². The number of nitrogens with zero attached hydrogens (tertiary/aromatic N) is 4. The Morgan fingerprint density at radius 2 is 1.88 bits per heavy atom. The zero-order valence-corrected chi connectivity index (χ0v) is 17.9. The lowest BCUT2D eigenvalue weighted by atomic mass is 9.89. The van der Waals surface area contributed by atoms with E-state index in [1.165, 1.54) is 12.1 Å². The molecule has 9 heteroatoms. The van der Waals surface area contributed by atoms with Gasteiger partial charge in [0.1, 0.15) is 0 Å². The Labute approximate surface area is 184 Å². The maximum absolute atomic E-state index is 13.6. The molecule has 3 aromatic rings. The van der Waals surface area contributed by atoms with E-state index in [2.05, 4.69) is 0 Å². The molecule has 32 heavy (non-hydrogen) atoms. The second kappa shape index (κ2) is 8.78. The van der Waals surface area contributed by atoms with Crippen LogP contribution in [0.25, 0.3) is 11.0 Å². The molecule has 1 aliphatic heterocycles. The molecule has 0 unspecified atom stereocenters. The lowest BCUT2D eigenvalue weighted by molar-refractivity contribution is -0.384. The van der Waals surface area contributed by atoms with Crippen LogP contribution < -0.4 is 4.90 Å². The van der Waals surface area contributed by atoms with Gasteiger partial charge in [0.2, 0.25) is 11.9 Å². The zero-order chi connectivity index (χ0) is 22.8. The van der Waals surface area contributed by atoms with Crippen LogP contribution in [0.15, 0.2) is 48.5 Å². The molecule has 0 saturated heterocycles. The summed E-state index contributed by atoms with van der Waals surface area (Å²) >= 11 is 0. The van der Waals surface area contributed by atoms with E-state index in [1.54, 1.807) is 24.0 Å². The number of benzene rings is 2. The summed E-state index contributed by atoms with van der Waals surface area (Å²) in [6.45, 7) is 4.29. The lowest BCUT2D eigenvalue weighted by Crippen LogP contribution is -2.50. The second-order valence-corrected chi connectivity index (χ2v) is 7.64. The molecule has 1 aromatic heterocycles. The van der Waals surface area contributed by atoms with Crippen molar-refractivity contribution in [1.29, 1.82) is 0 Å². The quantitative estimate of drug-likeness (QED) is 0.241. The highest BCUT2D eigenvalue weighted by atomic mass is 16.6. The molecule has 4 rings (SSSR count). The Hall–Kier alpha value is -3.75. The molecular weight excluding hydrogens is 412 g/mol.